The molecule has 1 aliphatic rings. The van der Waals surface area contributed by atoms with Gasteiger partial charge in [-0.15, -0.1) is 0 Å². The lowest BCUT2D eigenvalue weighted by Crippen LogP contribution is -2.28. The lowest BCUT2D eigenvalue weighted by Gasteiger charge is -2.22. The predicted molar refractivity (Wildman–Crippen MR) is 62.6 cm³/mol. The van der Waals surface area contributed by atoms with Crippen LogP contribution >= 0.6 is 0 Å². The standard InChI is InChI=1S/C11H20O4S/c1-9(11(12)14-2)7-16(13)8-10-5-3-4-6-15-10/h9-10H,3-8H2,1-2H3. The van der Waals surface area contributed by atoms with E-state index < -0.39 is 10.8 Å². The fraction of sp³-hybridized carbons (Fsp3) is 0.909. The summed E-state index contributed by atoms with van der Waals surface area (Å²) in [5.41, 5.74) is 0. The number of methoxy groups -OCH3 is 1. The van der Waals surface area contributed by atoms with E-state index in [1.165, 1.54) is 7.11 Å². The Bertz CT molecular complexity index is 248. The molecule has 94 valence electrons. The van der Waals surface area contributed by atoms with E-state index in [0.29, 0.717) is 11.5 Å². The molecule has 16 heavy (non-hydrogen) atoms. The number of carbonyl (C=O) groups excluding carboxylic acids is 1. The summed E-state index contributed by atoms with van der Waals surface area (Å²) in [6.45, 7) is 2.51. The number of esters is 1. The van der Waals surface area contributed by atoms with E-state index >= 15 is 0 Å². The van der Waals surface area contributed by atoms with Crippen molar-refractivity contribution in [2.45, 2.75) is 32.3 Å². The van der Waals surface area contributed by atoms with Crippen molar-refractivity contribution >= 4 is 16.8 Å². The first kappa shape index (κ1) is 13.6. The van der Waals surface area contributed by atoms with Gasteiger partial charge in [0.25, 0.3) is 0 Å². The summed E-state index contributed by atoms with van der Waals surface area (Å²) >= 11 is 0. The second-order valence-corrected chi connectivity index (χ2v) is 5.73. The SMILES string of the molecule is COC(=O)C(C)CS(=O)CC1CCCCO1. The van der Waals surface area contributed by atoms with E-state index in [1.54, 1.807) is 6.92 Å². The first-order chi connectivity index (χ1) is 7.63. The van der Waals surface area contributed by atoms with Gasteiger partial charge in [0.05, 0.1) is 19.1 Å². The maximum atomic E-state index is 11.8. The van der Waals surface area contributed by atoms with Crippen molar-refractivity contribution in [3.63, 3.8) is 0 Å². The molecular formula is C11H20O4S. The Morgan fingerprint density at radius 1 is 1.56 bits per heavy atom. The van der Waals surface area contributed by atoms with Crippen LogP contribution in [0, 0.1) is 5.92 Å². The summed E-state index contributed by atoms with van der Waals surface area (Å²) in [5.74, 6) is 0.320. The van der Waals surface area contributed by atoms with Crippen LogP contribution in [0.15, 0.2) is 0 Å². The number of hydrogen-bond acceptors (Lipinski definition) is 4. The van der Waals surface area contributed by atoms with Crippen LogP contribution in [0.3, 0.4) is 0 Å². The Morgan fingerprint density at radius 3 is 2.88 bits per heavy atom. The molecule has 4 nitrogen and oxygen atoms in total. The van der Waals surface area contributed by atoms with Crippen molar-refractivity contribution in [2.75, 3.05) is 25.2 Å². The van der Waals surface area contributed by atoms with Gasteiger partial charge < -0.3 is 9.47 Å². The number of hydrogen-bond donors (Lipinski definition) is 0. The second-order valence-electron chi connectivity index (χ2n) is 4.19. The first-order valence-electron chi connectivity index (χ1n) is 5.68. The smallest absolute Gasteiger partial charge is 0.309 e. The second kappa shape index (κ2) is 7.01. The minimum absolute atomic E-state index is 0.111. The molecule has 3 unspecified atom stereocenters. The molecule has 3 atom stereocenters. The van der Waals surface area contributed by atoms with Crippen LogP contribution in [0.4, 0.5) is 0 Å². The molecule has 0 aliphatic carbocycles. The summed E-state index contributed by atoms with van der Waals surface area (Å²) in [7, 11) is 0.357. The van der Waals surface area contributed by atoms with Crippen LogP contribution < -0.4 is 0 Å². The van der Waals surface area contributed by atoms with Gasteiger partial charge in [-0.25, -0.2) is 0 Å². The van der Waals surface area contributed by atoms with Crippen LogP contribution in [0.2, 0.25) is 0 Å². The van der Waals surface area contributed by atoms with Gasteiger partial charge in [-0.2, -0.15) is 0 Å². The van der Waals surface area contributed by atoms with Crippen molar-refractivity contribution in [3.8, 4) is 0 Å². The van der Waals surface area contributed by atoms with Gasteiger partial charge in [0.15, 0.2) is 0 Å². The molecule has 0 aromatic rings. The van der Waals surface area contributed by atoms with Gasteiger partial charge in [0.2, 0.25) is 0 Å². The summed E-state index contributed by atoms with van der Waals surface area (Å²) in [4.78, 5) is 11.2. The van der Waals surface area contributed by atoms with Gasteiger partial charge in [0.1, 0.15) is 0 Å². The van der Waals surface area contributed by atoms with Crippen LogP contribution in [-0.2, 0) is 25.1 Å². The molecule has 0 amide bonds. The third-order valence-corrected chi connectivity index (χ3v) is 4.30. The summed E-state index contributed by atoms with van der Waals surface area (Å²) in [6.07, 6.45) is 3.34. The van der Waals surface area contributed by atoms with Gasteiger partial charge in [-0.05, 0) is 19.3 Å². The normalized spacial score (nSPS) is 24.8. The largest absolute Gasteiger partial charge is 0.469 e. The van der Waals surface area contributed by atoms with Gasteiger partial charge >= 0.3 is 5.97 Å². The highest BCUT2D eigenvalue weighted by atomic mass is 32.2. The van der Waals surface area contributed by atoms with E-state index in [9.17, 15) is 9.00 Å². The van der Waals surface area contributed by atoms with E-state index in [4.69, 9.17) is 4.74 Å². The zero-order valence-electron chi connectivity index (χ0n) is 9.94. The molecule has 0 saturated carbocycles. The van der Waals surface area contributed by atoms with Crippen molar-refractivity contribution in [3.05, 3.63) is 0 Å². The van der Waals surface area contributed by atoms with E-state index in [2.05, 4.69) is 4.74 Å². The molecule has 5 heteroatoms. The Labute approximate surface area is 99.1 Å². The lowest BCUT2D eigenvalue weighted by molar-refractivity contribution is -0.144. The molecule has 1 fully saturated rings. The highest BCUT2D eigenvalue weighted by molar-refractivity contribution is 7.85. The van der Waals surface area contributed by atoms with E-state index in [0.717, 1.165) is 25.9 Å². The number of ether oxygens (including phenoxy) is 2. The topological polar surface area (TPSA) is 52.6 Å². The van der Waals surface area contributed by atoms with Gasteiger partial charge in [-0.3, -0.25) is 9.00 Å². The van der Waals surface area contributed by atoms with Gasteiger partial charge in [0, 0.05) is 28.9 Å². The van der Waals surface area contributed by atoms with Crippen LogP contribution in [-0.4, -0.2) is 41.5 Å². The zero-order chi connectivity index (χ0) is 12.0. The van der Waals surface area contributed by atoms with Crippen LogP contribution in [0.25, 0.3) is 0 Å². The fourth-order valence-corrected chi connectivity index (χ4v) is 3.27. The maximum absolute atomic E-state index is 11.8. The minimum Gasteiger partial charge on any atom is -0.469 e. The molecular weight excluding hydrogens is 228 g/mol. The van der Waals surface area contributed by atoms with Crippen LogP contribution in [0.5, 0.6) is 0 Å². The lowest BCUT2D eigenvalue weighted by atomic mass is 10.1. The molecule has 1 heterocycles. The molecule has 1 saturated heterocycles. The highest BCUT2D eigenvalue weighted by Crippen LogP contribution is 2.14. The fourth-order valence-electron chi connectivity index (χ4n) is 1.76. The Balaban J connectivity index is 2.26. The van der Waals surface area contributed by atoms with Crippen molar-refractivity contribution in [1.82, 2.24) is 0 Å². The zero-order valence-corrected chi connectivity index (χ0v) is 10.8. The molecule has 0 aromatic carbocycles. The monoisotopic (exact) mass is 248 g/mol. The third-order valence-electron chi connectivity index (χ3n) is 2.69. The number of rotatable bonds is 5. The summed E-state index contributed by atoms with van der Waals surface area (Å²) < 4.78 is 21.9. The Hall–Kier alpha value is -0.420. The molecule has 0 N–H and O–H groups in total. The van der Waals surface area contributed by atoms with E-state index in [-0.39, 0.29) is 18.0 Å². The summed E-state index contributed by atoms with van der Waals surface area (Å²) in [5, 5.41) is 0. The van der Waals surface area contributed by atoms with Crippen LogP contribution in [0.1, 0.15) is 26.2 Å². The average Bonchev–Trinajstić information content (AvgIpc) is 2.29. The maximum Gasteiger partial charge on any atom is 0.309 e. The van der Waals surface area contributed by atoms with Crippen molar-refractivity contribution in [1.29, 1.82) is 0 Å². The molecule has 1 aliphatic heterocycles. The van der Waals surface area contributed by atoms with Crippen molar-refractivity contribution < 1.29 is 18.5 Å². The molecule has 0 spiro atoms. The summed E-state index contributed by atoms with van der Waals surface area (Å²) in [6, 6.07) is 0. The Morgan fingerprint density at radius 2 is 2.31 bits per heavy atom. The average molecular weight is 248 g/mol. The Kier molecular flexibility index (Phi) is 5.98. The van der Waals surface area contributed by atoms with Crippen molar-refractivity contribution in [2.24, 2.45) is 5.92 Å². The van der Waals surface area contributed by atoms with E-state index in [1.807, 2.05) is 0 Å². The highest BCUT2D eigenvalue weighted by Gasteiger charge is 2.21. The molecule has 1 rings (SSSR count). The molecule has 0 aromatic heterocycles. The molecule has 0 bridgehead atoms. The predicted octanol–water partition coefficient (Wildman–Crippen LogP) is 1.11. The first-order valence-corrected chi connectivity index (χ1v) is 7.16. The number of carbonyl (C=O) groups is 1. The molecule has 0 radical (unpaired) electrons. The third kappa shape index (κ3) is 4.61. The quantitative estimate of drug-likeness (QED) is 0.684. The minimum atomic E-state index is -0.996. The van der Waals surface area contributed by atoms with Gasteiger partial charge in [-0.1, -0.05) is 6.92 Å².